The van der Waals surface area contributed by atoms with Crippen molar-refractivity contribution in [2.75, 3.05) is 31.9 Å². The van der Waals surface area contributed by atoms with Crippen LogP contribution in [-0.4, -0.2) is 40.9 Å². The van der Waals surface area contributed by atoms with Crippen LogP contribution in [0, 0.1) is 0 Å². The van der Waals surface area contributed by atoms with Crippen molar-refractivity contribution < 1.29 is 0 Å². The van der Waals surface area contributed by atoms with Crippen molar-refractivity contribution >= 4 is 5.82 Å². The number of fused-ring (bicyclic) bond motifs is 1. The second-order valence-electron chi connectivity index (χ2n) is 4.69. The molecule has 2 aliphatic heterocycles. The molecule has 0 unspecified atom stereocenters. The van der Waals surface area contributed by atoms with E-state index >= 15 is 0 Å². The van der Waals surface area contributed by atoms with Crippen LogP contribution in [0.5, 0.6) is 0 Å². The first-order chi connectivity index (χ1) is 7.79. The largest absolute Gasteiger partial charge is 0.382 e. The number of rotatable bonds is 2. The highest BCUT2D eigenvalue weighted by molar-refractivity contribution is 5.44. The lowest BCUT2D eigenvalue weighted by molar-refractivity contribution is 0.240. The lowest BCUT2D eigenvalue weighted by atomic mass is 10.1. The van der Waals surface area contributed by atoms with Crippen molar-refractivity contribution in [2.24, 2.45) is 0 Å². The number of nitrogens with two attached hydrogens (primary N) is 1. The first-order valence-corrected chi connectivity index (χ1v) is 6.08. The number of likely N-dealkylation sites (N-methyl/N-ethyl adjacent to an activating group) is 1. The third kappa shape index (κ3) is 1.43. The van der Waals surface area contributed by atoms with Gasteiger partial charge in [-0.05, 0) is 13.0 Å². The molecule has 5 nitrogen and oxygen atoms in total. The molecule has 0 amide bonds. The SMILES string of the molecule is CCN1CCc2c(N)nn(C3CNC3)c2C1. The van der Waals surface area contributed by atoms with E-state index in [2.05, 4.69) is 26.9 Å². The number of nitrogens with zero attached hydrogens (tertiary/aromatic N) is 3. The Morgan fingerprint density at radius 1 is 1.50 bits per heavy atom. The predicted octanol–water partition coefficient (Wildman–Crippen LogP) is -0.0124. The van der Waals surface area contributed by atoms with E-state index in [0.29, 0.717) is 6.04 Å². The van der Waals surface area contributed by atoms with Gasteiger partial charge in [0.25, 0.3) is 0 Å². The van der Waals surface area contributed by atoms with Gasteiger partial charge in [0.15, 0.2) is 0 Å². The molecule has 3 N–H and O–H groups in total. The minimum atomic E-state index is 0.517. The first kappa shape index (κ1) is 10.1. The van der Waals surface area contributed by atoms with Gasteiger partial charge in [0.2, 0.25) is 0 Å². The zero-order valence-corrected chi connectivity index (χ0v) is 9.74. The van der Waals surface area contributed by atoms with E-state index in [1.54, 1.807) is 0 Å². The van der Waals surface area contributed by atoms with Gasteiger partial charge in [-0.2, -0.15) is 5.10 Å². The van der Waals surface area contributed by atoms with E-state index < -0.39 is 0 Å². The Hall–Kier alpha value is -1.07. The van der Waals surface area contributed by atoms with Gasteiger partial charge in [-0.3, -0.25) is 9.58 Å². The van der Waals surface area contributed by atoms with E-state index in [0.717, 1.165) is 45.0 Å². The zero-order chi connectivity index (χ0) is 11.1. The quantitative estimate of drug-likeness (QED) is 0.737. The molecule has 2 aliphatic rings. The molecule has 1 aromatic heterocycles. The van der Waals surface area contributed by atoms with Gasteiger partial charge in [0.1, 0.15) is 5.82 Å². The Balaban J connectivity index is 1.94. The average molecular weight is 221 g/mol. The molecule has 16 heavy (non-hydrogen) atoms. The van der Waals surface area contributed by atoms with Crippen molar-refractivity contribution in [2.45, 2.75) is 25.9 Å². The summed E-state index contributed by atoms with van der Waals surface area (Å²) in [5.41, 5.74) is 8.63. The van der Waals surface area contributed by atoms with E-state index in [1.165, 1.54) is 11.3 Å². The predicted molar refractivity (Wildman–Crippen MR) is 63.2 cm³/mol. The Morgan fingerprint density at radius 3 is 2.94 bits per heavy atom. The number of aromatic nitrogens is 2. The van der Waals surface area contributed by atoms with Crippen LogP contribution in [0.3, 0.4) is 0 Å². The summed E-state index contributed by atoms with van der Waals surface area (Å²) in [5.74, 6) is 0.748. The van der Waals surface area contributed by atoms with Gasteiger partial charge < -0.3 is 11.1 Å². The van der Waals surface area contributed by atoms with E-state index in [-0.39, 0.29) is 0 Å². The molecule has 0 aromatic carbocycles. The summed E-state index contributed by atoms with van der Waals surface area (Å²) >= 11 is 0. The molecule has 88 valence electrons. The molecule has 0 aliphatic carbocycles. The minimum Gasteiger partial charge on any atom is -0.382 e. The Bertz CT molecular complexity index is 393. The molecule has 1 saturated heterocycles. The summed E-state index contributed by atoms with van der Waals surface area (Å²) in [5, 5.41) is 7.80. The minimum absolute atomic E-state index is 0.517. The van der Waals surface area contributed by atoms with Gasteiger partial charge in [0, 0.05) is 31.7 Å². The van der Waals surface area contributed by atoms with Gasteiger partial charge in [-0.15, -0.1) is 0 Å². The van der Waals surface area contributed by atoms with Crippen molar-refractivity contribution in [3.8, 4) is 0 Å². The maximum absolute atomic E-state index is 5.99. The summed E-state index contributed by atoms with van der Waals surface area (Å²) in [6.45, 7) is 7.49. The molecule has 0 spiro atoms. The molecule has 1 aromatic rings. The molecular weight excluding hydrogens is 202 g/mol. The standard InChI is InChI=1S/C11H19N5/c1-2-15-4-3-9-10(7-15)16(14-11(9)12)8-5-13-6-8/h8,13H,2-7H2,1H3,(H2,12,14). The van der Waals surface area contributed by atoms with Crippen LogP contribution in [0.25, 0.3) is 0 Å². The van der Waals surface area contributed by atoms with Crippen molar-refractivity contribution in [3.63, 3.8) is 0 Å². The second-order valence-corrected chi connectivity index (χ2v) is 4.69. The molecule has 5 heteroatoms. The van der Waals surface area contributed by atoms with Gasteiger partial charge in [0.05, 0.1) is 11.7 Å². The summed E-state index contributed by atoms with van der Waals surface area (Å²) in [6, 6.07) is 0.517. The number of nitrogen functional groups attached to an aromatic ring is 1. The maximum Gasteiger partial charge on any atom is 0.149 e. The van der Waals surface area contributed by atoms with Crippen molar-refractivity contribution in [1.82, 2.24) is 20.0 Å². The summed E-state index contributed by atoms with van der Waals surface area (Å²) in [4.78, 5) is 2.45. The Labute approximate surface area is 95.6 Å². The van der Waals surface area contributed by atoms with Crippen molar-refractivity contribution in [1.29, 1.82) is 0 Å². The fourth-order valence-corrected chi connectivity index (χ4v) is 2.54. The fraction of sp³-hybridized carbons (Fsp3) is 0.727. The summed E-state index contributed by atoms with van der Waals surface area (Å²) in [7, 11) is 0. The third-order valence-corrected chi connectivity index (χ3v) is 3.75. The Kier molecular flexibility index (Phi) is 2.37. The van der Waals surface area contributed by atoms with E-state index in [1.807, 2.05) is 0 Å². The number of hydrogen-bond acceptors (Lipinski definition) is 4. The van der Waals surface area contributed by atoms with Crippen LogP contribution >= 0.6 is 0 Å². The number of nitrogens with one attached hydrogen (secondary N) is 1. The zero-order valence-electron chi connectivity index (χ0n) is 9.74. The van der Waals surface area contributed by atoms with Gasteiger partial charge >= 0.3 is 0 Å². The summed E-state index contributed by atoms with van der Waals surface area (Å²) < 4.78 is 2.16. The van der Waals surface area contributed by atoms with E-state index in [9.17, 15) is 0 Å². The van der Waals surface area contributed by atoms with Gasteiger partial charge in [-0.1, -0.05) is 6.92 Å². The average Bonchev–Trinajstić information content (AvgIpc) is 2.54. The molecule has 0 atom stereocenters. The molecule has 3 rings (SSSR count). The molecule has 3 heterocycles. The molecule has 0 saturated carbocycles. The number of hydrogen-bond donors (Lipinski definition) is 2. The molecule has 0 radical (unpaired) electrons. The highest BCUT2D eigenvalue weighted by Gasteiger charge is 2.28. The first-order valence-electron chi connectivity index (χ1n) is 6.08. The third-order valence-electron chi connectivity index (χ3n) is 3.75. The normalized spacial score (nSPS) is 21.8. The second kappa shape index (κ2) is 3.75. The highest BCUT2D eigenvalue weighted by Crippen LogP contribution is 2.27. The van der Waals surface area contributed by atoms with Crippen LogP contribution in [0.4, 0.5) is 5.82 Å². The van der Waals surface area contributed by atoms with Crippen LogP contribution in [0.1, 0.15) is 24.2 Å². The molecule has 0 bridgehead atoms. The van der Waals surface area contributed by atoms with Crippen molar-refractivity contribution in [3.05, 3.63) is 11.3 Å². The smallest absolute Gasteiger partial charge is 0.149 e. The van der Waals surface area contributed by atoms with Crippen LogP contribution < -0.4 is 11.1 Å². The fourth-order valence-electron chi connectivity index (χ4n) is 2.54. The highest BCUT2D eigenvalue weighted by atomic mass is 15.4. The summed E-state index contributed by atoms with van der Waals surface area (Å²) in [6.07, 6.45) is 1.05. The maximum atomic E-state index is 5.99. The van der Waals surface area contributed by atoms with E-state index in [4.69, 9.17) is 5.73 Å². The molecule has 1 fully saturated rings. The van der Waals surface area contributed by atoms with Crippen LogP contribution in [0.15, 0.2) is 0 Å². The van der Waals surface area contributed by atoms with Gasteiger partial charge in [-0.25, -0.2) is 0 Å². The van der Waals surface area contributed by atoms with Crippen LogP contribution in [-0.2, 0) is 13.0 Å². The monoisotopic (exact) mass is 221 g/mol. The lowest BCUT2D eigenvalue weighted by Gasteiger charge is -2.32. The Morgan fingerprint density at radius 2 is 2.31 bits per heavy atom. The lowest BCUT2D eigenvalue weighted by Crippen LogP contribution is -2.45. The number of anilines is 1. The topological polar surface area (TPSA) is 59.1 Å². The van der Waals surface area contributed by atoms with Crippen LogP contribution in [0.2, 0.25) is 0 Å². The molecular formula is C11H19N5.